The smallest absolute Gasteiger partial charge is 0.272 e. The fourth-order valence-corrected chi connectivity index (χ4v) is 5.22. The zero-order chi connectivity index (χ0) is 12.1. The summed E-state index contributed by atoms with van der Waals surface area (Å²) in [6.07, 6.45) is 9.71. The molecule has 0 unspecified atom stereocenters. The molecule has 1 aromatic rings. The first-order chi connectivity index (χ1) is 8.79. The van der Waals surface area contributed by atoms with Crippen LogP contribution >= 0.6 is 0 Å². The first kappa shape index (κ1) is 10.8. The Morgan fingerprint density at radius 2 is 1.67 bits per heavy atom. The molecule has 0 aliphatic heterocycles. The van der Waals surface area contributed by atoms with Crippen molar-refractivity contribution < 1.29 is 4.57 Å². The summed E-state index contributed by atoms with van der Waals surface area (Å²) in [7, 11) is 0. The van der Waals surface area contributed by atoms with Gasteiger partial charge in [0.2, 0.25) is 0 Å². The van der Waals surface area contributed by atoms with Crippen LogP contribution in [-0.4, -0.2) is 0 Å². The van der Waals surface area contributed by atoms with E-state index in [9.17, 15) is 0 Å². The highest BCUT2D eigenvalue weighted by Crippen LogP contribution is 2.56. The average molecular weight is 243 g/mol. The Balaban J connectivity index is 1.57. The van der Waals surface area contributed by atoms with Gasteiger partial charge in [-0.2, -0.15) is 0 Å². The SMILES string of the molecule is Nc1cccc[n+]1CC1C2CC3CC(C2)CC1C3. The molecule has 2 N–H and O–H groups in total. The van der Waals surface area contributed by atoms with E-state index in [0.29, 0.717) is 0 Å². The highest BCUT2D eigenvalue weighted by molar-refractivity contribution is 5.18. The van der Waals surface area contributed by atoms with Crippen LogP contribution in [0.2, 0.25) is 0 Å². The van der Waals surface area contributed by atoms with Crippen LogP contribution in [0.3, 0.4) is 0 Å². The van der Waals surface area contributed by atoms with Crippen molar-refractivity contribution in [2.24, 2.45) is 29.6 Å². The minimum absolute atomic E-state index is 0.896. The monoisotopic (exact) mass is 243 g/mol. The number of hydrogen-bond donors (Lipinski definition) is 1. The van der Waals surface area contributed by atoms with E-state index >= 15 is 0 Å². The standard InChI is InChI=1S/C16H22N2/c17-16-3-1-2-4-18(16)10-15-13-6-11-5-12(8-13)9-14(15)7-11/h1-4,11-15,17H,5-10H2/p+1. The molecule has 96 valence electrons. The molecule has 0 spiro atoms. The molecule has 0 aromatic carbocycles. The van der Waals surface area contributed by atoms with Gasteiger partial charge in [0.1, 0.15) is 0 Å². The van der Waals surface area contributed by atoms with Crippen molar-refractivity contribution in [2.75, 3.05) is 5.73 Å². The average Bonchev–Trinajstić information content (AvgIpc) is 2.35. The third-order valence-electron chi connectivity index (χ3n) is 5.81. The third-order valence-corrected chi connectivity index (χ3v) is 5.81. The number of pyridine rings is 1. The van der Waals surface area contributed by atoms with Gasteiger partial charge in [-0.15, -0.1) is 0 Å². The van der Waals surface area contributed by atoms with E-state index in [2.05, 4.69) is 16.8 Å². The van der Waals surface area contributed by atoms with E-state index in [1.165, 1.54) is 25.7 Å². The van der Waals surface area contributed by atoms with Crippen molar-refractivity contribution in [3.05, 3.63) is 24.4 Å². The largest absolute Gasteiger partial charge is 0.287 e. The molecule has 18 heavy (non-hydrogen) atoms. The van der Waals surface area contributed by atoms with Gasteiger partial charge < -0.3 is 0 Å². The quantitative estimate of drug-likeness (QED) is 0.795. The van der Waals surface area contributed by atoms with E-state index in [1.807, 2.05) is 12.1 Å². The van der Waals surface area contributed by atoms with Gasteiger partial charge >= 0.3 is 0 Å². The maximum Gasteiger partial charge on any atom is 0.272 e. The molecule has 4 bridgehead atoms. The topological polar surface area (TPSA) is 29.9 Å². The molecule has 4 fully saturated rings. The van der Waals surface area contributed by atoms with Crippen molar-refractivity contribution >= 4 is 5.82 Å². The second-order valence-electron chi connectivity index (χ2n) is 6.87. The lowest BCUT2D eigenvalue weighted by molar-refractivity contribution is -0.692. The van der Waals surface area contributed by atoms with Crippen LogP contribution in [-0.2, 0) is 6.54 Å². The Bertz CT molecular complexity index is 426. The van der Waals surface area contributed by atoms with Gasteiger partial charge in [0.25, 0.3) is 5.82 Å². The molecule has 4 aliphatic rings. The molecule has 2 heteroatoms. The van der Waals surface area contributed by atoms with Gasteiger partial charge in [-0.3, -0.25) is 5.73 Å². The zero-order valence-electron chi connectivity index (χ0n) is 11.0. The third kappa shape index (κ3) is 1.65. The number of nitrogens with zero attached hydrogens (tertiary/aromatic N) is 1. The lowest BCUT2D eigenvalue weighted by Gasteiger charge is -2.54. The van der Waals surface area contributed by atoms with E-state index in [-0.39, 0.29) is 0 Å². The molecule has 0 atom stereocenters. The van der Waals surface area contributed by atoms with Gasteiger partial charge in [0.15, 0.2) is 0 Å². The van der Waals surface area contributed by atoms with Crippen LogP contribution in [0.1, 0.15) is 32.1 Å². The second-order valence-corrected chi connectivity index (χ2v) is 6.87. The van der Waals surface area contributed by atoms with Crippen molar-refractivity contribution in [3.63, 3.8) is 0 Å². The van der Waals surface area contributed by atoms with Gasteiger partial charge in [-0.05, 0) is 61.8 Å². The summed E-state index contributed by atoms with van der Waals surface area (Å²) in [5.74, 6) is 5.95. The van der Waals surface area contributed by atoms with Crippen molar-refractivity contribution in [1.29, 1.82) is 0 Å². The number of rotatable bonds is 2. The second kappa shape index (κ2) is 3.97. The van der Waals surface area contributed by atoms with Crippen molar-refractivity contribution in [1.82, 2.24) is 0 Å². The summed E-state index contributed by atoms with van der Waals surface area (Å²) in [6, 6.07) is 6.16. The predicted molar refractivity (Wildman–Crippen MR) is 71.6 cm³/mol. The molecule has 0 amide bonds. The van der Waals surface area contributed by atoms with Crippen LogP contribution in [0.15, 0.2) is 24.4 Å². The summed E-state index contributed by atoms with van der Waals surface area (Å²) >= 11 is 0. The first-order valence-electron chi connectivity index (χ1n) is 7.53. The molecule has 4 aliphatic carbocycles. The summed E-state index contributed by atoms with van der Waals surface area (Å²) in [4.78, 5) is 0. The first-order valence-corrected chi connectivity index (χ1v) is 7.53. The molecule has 1 aromatic heterocycles. The number of aromatic nitrogens is 1. The van der Waals surface area contributed by atoms with Gasteiger partial charge in [0, 0.05) is 12.0 Å². The van der Waals surface area contributed by atoms with Crippen LogP contribution in [0.25, 0.3) is 0 Å². The number of nitrogens with two attached hydrogens (primary N) is 1. The van der Waals surface area contributed by atoms with Crippen LogP contribution in [0.4, 0.5) is 5.82 Å². The lowest BCUT2D eigenvalue weighted by Crippen LogP contribution is -2.51. The molecular formula is C16H23N2+. The normalized spacial score (nSPS) is 41.2. The van der Waals surface area contributed by atoms with Gasteiger partial charge in [-0.1, -0.05) is 6.07 Å². The van der Waals surface area contributed by atoms with E-state index in [0.717, 1.165) is 42.0 Å². The van der Waals surface area contributed by atoms with Crippen LogP contribution in [0.5, 0.6) is 0 Å². The molecule has 0 radical (unpaired) electrons. The maximum atomic E-state index is 6.09. The van der Waals surface area contributed by atoms with Gasteiger partial charge in [0.05, 0.1) is 12.7 Å². The van der Waals surface area contributed by atoms with E-state index in [1.54, 1.807) is 6.42 Å². The number of anilines is 1. The van der Waals surface area contributed by atoms with Crippen LogP contribution in [0, 0.1) is 29.6 Å². The molecular weight excluding hydrogens is 220 g/mol. The number of hydrogen-bond acceptors (Lipinski definition) is 1. The summed E-state index contributed by atoms with van der Waals surface area (Å²) in [5, 5.41) is 0. The zero-order valence-corrected chi connectivity index (χ0v) is 11.0. The Morgan fingerprint density at radius 3 is 2.28 bits per heavy atom. The predicted octanol–water partition coefficient (Wildman–Crippen LogP) is 2.63. The van der Waals surface area contributed by atoms with Crippen LogP contribution < -0.4 is 10.3 Å². The highest BCUT2D eigenvalue weighted by Gasteiger charge is 2.48. The minimum atomic E-state index is 0.896. The Kier molecular flexibility index (Phi) is 2.39. The molecule has 4 saturated carbocycles. The number of nitrogen functional groups attached to an aromatic ring is 1. The fraction of sp³-hybridized carbons (Fsp3) is 0.688. The maximum absolute atomic E-state index is 6.09. The fourth-order valence-electron chi connectivity index (χ4n) is 5.22. The molecule has 5 rings (SSSR count). The lowest BCUT2D eigenvalue weighted by atomic mass is 9.52. The van der Waals surface area contributed by atoms with Crippen molar-refractivity contribution in [2.45, 2.75) is 38.6 Å². The molecule has 0 saturated heterocycles. The Labute approximate surface area is 109 Å². The Morgan fingerprint density at radius 1 is 1.00 bits per heavy atom. The summed E-state index contributed by atoms with van der Waals surface area (Å²) < 4.78 is 2.27. The molecule has 1 heterocycles. The van der Waals surface area contributed by atoms with Crippen molar-refractivity contribution in [3.8, 4) is 0 Å². The minimum Gasteiger partial charge on any atom is -0.287 e. The Hall–Kier alpha value is -1.05. The summed E-state index contributed by atoms with van der Waals surface area (Å²) in [5.41, 5.74) is 6.09. The van der Waals surface area contributed by atoms with E-state index in [4.69, 9.17) is 5.73 Å². The van der Waals surface area contributed by atoms with E-state index < -0.39 is 0 Å². The van der Waals surface area contributed by atoms with Gasteiger partial charge in [-0.25, -0.2) is 4.57 Å². The summed E-state index contributed by atoms with van der Waals surface area (Å²) in [6.45, 7) is 1.15. The highest BCUT2D eigenvalue weighted by atomic mass is 15.0. The molecule has 2 nitrogen and oxygen atoms in total.